The summed E-state index contributed by atoms with van der Waals surface area (Å²) in [7, 11) is 3.25. The molecule has 226 valence electrons. The van der Waals surface area contributed by atoms with E-state index in [0.717, 1.165) is 28.1 Å². The van der Waals surface area contributed by atoms with Gasteiger partial charge >= 0.3 is 0 Å². The van der Waals surface area contributed by atoms with Gasteiger partial charge in [0.1, 0.15) is 5.82 Å². The number of amides is 2. The lowest BCUT2D eigenvalue weighted by Gasteiger charge is -2.21. The Morgan fingerprint density at radius 3 is 2.05 bits per heavy atom. The van der Waals surface area contributed by atoms with Crippen LogP contribution in [0.5, 0.6) is 0 Å². The molecule has 1 heterocycles. The number of hydrogen-bond acceptors (Lipinski definition) is 4. The van der Waals surface area contributed by atoms with Crippen LogP contribution in [0.3, 0.4) is 0 Å². The van der Waals surface area contributed by atoms with E-state index < -0.39 is 12.2 Å². The van der Waals surface area contributed by atoms with Crippen molar-refractivity contribution in [3.63, 3.8) is 0 Å². The van der Waals surface area contributed by atoms with Crippen LogP contribution in [-0.2, 0) is 11.3 Å². The number of anilines is 1. The number of nitrogens with zero attached hydrogens (tertiary/aromatic N) is 2. The number of halogens is 1. The Balaban J connectivity index is 1.84. The fraction of sp³-hybridized carbons (Fsp3) is 0.314. The number of benzene rings is 3. The predicted octanol–water partition coefficient (Wildman–Crippen LogP) is 6.32. The molecule has 4 aromatic rings. The summed E-state index contributed by atoms with van der Waals surface area (Å²) in [6.07, 6.45) is -1.65. The van der Waals surface area contributed by atoms with E-state index in [4.69, 9.17) is 0 Å². The van der Waals surface area contributed by atoms with Gasteiger partial charge in [0.2, 0.25) is 5.91 Å². The second-order valence-corrected chi connectivity index (χ2v) is 11.3. The quantitative estimate of drug-likeness (QED) is 0.181. The van der Waals surface area contributed by atoms with Crippen LogP contribution in [0.25, 0.3) is 22.4 Å². The molecule has 8 heteroatoms. The minimum atomic E-state index is -0.984. The van der Waals surface area contributed by atoms with Gasteiger partial charge in [-0.15, -0.1) is 0 Å². The Morgan fingerprint density at radius 2 is 1.47 bits per heavy atom. The number of para-hydroxylation sites is 1. The molecule has 0 aliphatic carbocycles. The lowest BCUT2D eigenvalue weighted by Crippen LogP contribution is -2.28. The van der Waals surface area contributed by atoms with Crippen molar-refractivity contribution in [3.8, 4) is 22.4 Å². The number of hydrogen-bond donors (Lipinski definition) is 3. The third kappa shape index (κ3) is 7.77. The van der Waals surface area contributed by atoms with Gasteiger partial charge in [-0.25, -0.2) is 4.39 Å². The van der Waals surface area contributed by atoms with E-state index in [1.165, 1.54) is 17.0 Å². The molecule has 4 rings (SSSR count). The van der Waals surface area contributed by atoms with Crippen LogP contribution in [-0.4, -0.2) is 57.8 Å². The molecule has 0 fully saturated rings. The summed E-state index contributed by atoms with van der Waals surface area (Å²) in [5.41, 5.74) is 4.97. The molecule has 1 unspecified atom stereocenters. The molecule has 0 bridgehead atoms. The van der Waals surface area contributed by atoms with Crippen LogP contribution in [0.15, 0.2) is 84.9 Å². The molecule has 0 saturated heterocycles. The van der Waals surface area contributed by atoms with Crippen LogP contribution in [0.2, 0.25) is 0 Å². The molecule has 0 saturated carbocycles. The van der Waals surface area contributed by atoms with Crippen molar-refractivity contribution in [2.24, 2.45) is 0 Å². The lowest BCUT2D eigenvalue weighted by atomic mass is 9.94. The highest BCUT2D eigenvalue weighted by Crippen LogP contribution is 2.42. The average molecular weight is 586 g/mol. The molecule has 2 atom stereocenters. The monoisotopic (exact) mass is 585 g/mol. The summed E-state index contributed by atoms with van der Waals surface area (Å²) in [5.74, 6) is -0.944. The van der Waals surface area contributed by atoms with Crippen LogP contribution in [0.4, 0.5) is 10.1 Å². The Labute approximate surface area is 252 Å². The van der Waals surface area contributed by atoms with E-state index in [9.17, 15) is 24.2 Å². The van der Waals surface area contributed by atoms with Crippen molar-refractivity contribution in [3.05, 3.63) is 102 Å². The van der Waals surface area contributed by atoms with Gasteiger partial charge in [0.15, 0.2) is 0 Å². The van der Waals surface area contributed by atoms with E-state index in [1.54, 1.807) is 26.2 Å². The minimum absolute atomic E-state index is 0.0383. The lowest BCUT2D eigenvalue weighted by molar-refractivity contribution is -0.131. The maximum atomic E-state index is 14.1. The van der Waals surface area contributed by atoms with Crippen molar-refractivity contribution < 1.29 is 24.2 Å². The fourth-order valence-corrected chi connectivity index (χ4v) is 5.39. The summed E-state index contributed by atoms with van der Waals surface area (Å²) in [6.45, 7) is 4.36. The standard InChI is InChI=1S/C35H40FN3O4/c1-23(2)33-32(35(43)37-27-13-9-6-10-14-27)31(24-11-7-5-8-12-24)34(25-15-17-26(36)18-16-25)39(33)20-19-28(40)21-29(41)22-30(42)38(3)4/h5-18,23,28-29,40-41H,19-22H2,1-4H3,(H,37,43)/t28-,29?/m1/s1. The third-order valence-electron chi connectivity index (χ3n) is 7.43. The molecular weight excluding hydrogens is 545 g/mol. The van der Waals surface area contributed by atoms with Crippen LogP contribution >= 0.6 is 0 Å². The highest BCUT2D eigenvalue weighted by Gasteiger charge is 2.31. The Hall–Kier alpha value is -4.27. The van der Waals surface area contributed by atoms with E-state index in [-0.39, 0.29) is 42.8 Å². The Morgan fingerprint density at radius 1 is 0.860 bits per heavy atom. The topological polar surface area (TPSA) is 94.8 Å². The first-order valence-electron chi connectivity index (χ1n) is 14.6. The van der Waals surface area contributed by atoms with Crippen molar-refractivity contribution in [2.45, 2.75) is 57.8 Å². The van der Waals surface area contributed by atoms with E-state index in [0.29, 0.717) is 17.8 Å². The van der Waals surface area contributed by atoms with Gasteiger partial charge in [-0.1, -0.05) is 62.4 Å². The number of carbonyl (C=O) groups excluding carboxylic acids is 2. The van der Waals surface area contributed by atoms with Gasteiger partial charge in [0.25, 0.3) is 5.91 Å². The molecule has 0 aliphatic heterocycles. The summed E-state index contributed by atoms with van der Waals surface area (Å²) < 4.78 is 16.1. The third-order valence-corrected chi connectivity index (χ3v) is 7.43. The van der Waals surface area contributed by atoms with Crippen LogP contribution < -0.4 is 5.32 Å². The molecule has 0 aliphatic rings. The van der Waals surface area contributed by atoms with E-state index >= 15 is 0 Å². The molecular formula is C35H40FN3O4. The SMILES string of the molecule is CC(C)c1c(C(=O)Nc2ccccc2)c(-c2ccccc2)c(-c2ccc(F)cc2)n1CC[C@@H](O)CC(O)CC(=O)N(C)C. The molecule has 3 aromatic carbocycles. The molecule has 0 radical (unpaired) electrons. The number of carbonyl (C=O) groups is 2. The highest BCUT2D eigenvalue weighted by molar-refractivity contribution is 6.12. The molecule has 1 aromatic heterocycles. The number of nitrogens with one attached hydrogen (secondary N) is 1. The minimum Gasteiger partial charge on any atom is -0.393 e. The summed E-state index contributed by atoms with van der Waals surface area (Å²) >= 11 is 0. The Bertz CT molecular complexity index is 1520. The van der Waals surface area contributed by atoms with Crippen LogP contribution in [0.1, 0.15) is 55.1 Å². The molecule has 7 nitrogen and oxygen atoms in total. The summed E-state index contributed by atoms with van der Waals surface area (Å²) in [5, 5.41) is 24.4. The number of rotatable bonds is 12. The molecule has 43 heavy (non-hydrogen) atoms. The van der Waals surface area contributed by atoms with Gasteiger partial charge in [0.05, 0.1) is 29.9 Å². The Kier molecular flexibility index (Phi) is 10.5. The highest BCUT2D eigenvalue weighted by atomic mass is 19.1. The normalized spacial score (nSPS) is 12.7. The molecule has 3 N–H and O–H groups in total. The average Bonchev–Trinajstić information content (AvgIpc) is 3.33. The first-order valence-corrected chi connectivity index (χ1v) is 14.6. The first kappa shape index (κ1) is 31.7. The number of aromatic nitrogens is 1. The maximum absolute atomic E-state index is 14.1. The van der Waals surface area contributed by atoms with Crippen molar-refractivity contribution in [1.29, 1.82) is 0 Å². The number of aliphatic hydroxyl groups is 2. The first-order chi connectivity index (χ1) is 20.6. The molecule has 0 spiro atoms. The summed E-state index contributed by atoms with van der Waals surface area (Å²) in [6, 6.07) is 25.1. The van der Waals surface area contributed by atoms with Gasteiger partial charge < -0.3 is 25.0 Å². The largest absolute Gasteiger partial charge is 0.393 e. The number of aliphatic hydroxyl groups excluding tert-OH is 2. The molecule has 2 amide bonds. The smallest absolute Gasteiger partial charge is 0.258 e. The predicted molar refractivity (Wildman–Crippen MR) is 168 cm³/mol. The van der Waals surface area contributed by atoms with Gasteiger partial charge in [-0.05, 0) is 66.3 Å². The zero-order valence-electron chi connectivity index (χ0n) is 25.1. The van der Waals surface area contributed by atoms with E-state index in [2.05, 4.69) is 5.32 Å². The van der Waals surface area contributed by atoms with Gasteiger partial charge in [0, 0.05) is 37.6 Å². The maximum Gasteiger partial charge on any atom is 0.258 e. The van der Waals surface area contributed by atoms with Gasteiger partial charge in [-0.3, -0.25) is 9.59 Å². The van der Waals surface area contributed by atoms with Gasteiger partial charge in [-0.2, -0.15) is 0 Å². The van der Waals surface area contributed by atoms with Crippen LogP contribution in [0, 0.1) is 5.82 Å². The zero-order valence-corrected chi connectivity index (χ0v) is 25.1. The second-order valence-electron chi connectivity index (χ2n) is 11.3. The van der Waals surface area contributed by atoms with Crippen molar-refractivity contribution in [2.75, 3.05) is 19.4 Å². The summed E-state index contributed by atoms with van der Waals surface area (Å²) in [4.78, 5) is 27.6. The van der Waals surface area contributed by atoms with Crippen molar-refractivity contribution in [1.82, 2.24) is 9.47 Å². The van der Waals surface area contributed by atoms with E-state index in [1.807, 2.05) is 79.1 Å². The zero-order chi connectivity index (χ0) is 31.1. The fourth-order valence-electron chi connectivity index (χ4n) is 5.39. The second kappa shape index (κ2) is 14.3. The van der Waals surface area contributed by atoms with Crippen molar-refractivity contribution >= 4 is 17.5 Å².